The standard InChI is InChI=1S/C24H29N9O8S2/c1-24(2,22(36)37)41-30-18(16-13-42-23(25)27-16)20(34)28-19-17(33(21(19)35)43(38,39)40)12-32-26-9-15(29-32)11-31(3)10-14-7-5-4-6-8-14/h4-9,13,17,19H,10-12H2,1-3H3,(H2,25,27)(H,28,34)(H,36,37)(H,38,39,40)/t17-,19+/m1/s1. The van der Waals surface area contributed by atoms with Gasteiger partial charge in [0.15, 0.2) is 10.8 Å². The number of oxime groups is 1. The minimum Gasteiger partial charge on any atom is -0.478 e. The summed E-state index contributed by atoms with van der Waals surface area (Å²) in [6.45, 7) is 3.13. The van der Waals surface area contributed by atoms with Gasteiger partial charge < -0.3 is 21.0 Å². The molecule has 19 heteroatoms. The Morgan fingerprint density at radius 3 is 2.56 bits per heavy atom. The summed E-state index contributed by atoms with van der Waals surface area (Å²) in [6.07, 6.45) is 1.48. The van der Waals surface area contributed by atoms with Gasteiger partial charge in [-0.3, -0.25) is 19.0 Å². The number of benzene rings is 1. The van der Waals surface area contributed by atoms with Crippen LogP contribution in [0.3, 0.4) is 0 Å². The first-order valence-electron chi connectivity index (χ1n) is 12.6. The number of thiazole rings is 1. The molecule has 43 heavy (non-hydrogen) atoms. The number of hydrogen-bond acceptors (Lipinski definition) is 13. The van der Waals surface area contributed by atoms with E-state index in [4.69, 9.17) is 10.6 Å². The predicted octanol–water partition coefficient (Wildman–Crippen LogP) is -0.269. The molecule has 17 nitrogen and oxygen atoms in total. The van der Waals surface area contributed by atoms with E-state index >= 15 is 0 Å². The van der Waals surface area contributed by atoms with Crippen molar-refractivity contribution in [3.63, 3.8) is 0 Å². The van der Waals surface area contributed by atoms with Crippen LogP contribution < -0.4 is 11.1 Å². The van der Waals surface area contributed by atoms with Crippen LogP contribution in [0, 0.1) is 0 Å². The second kappa shape index (κ2) is 12.4. The van der Waals surface area contributed by atoms with Crippen molar-refractivity contribution in [3.8, 4) is 0 Å². The molecular weight excluding hydrogens is 606 g/mol. The number of nitrogens with zero attached hydrogens (tertiary/aromatic N) is 7. The average molecular weight is 636 g/mol. The average Bonchev–Trinajstić information content (AvgIpc) is 3.55. The van der Waals surface area contributed by atoms with Gasteiger partial charge in [-0.25, -0.2) is 14.1 Å². The topological polar surface area (TPSA) is 236 Å². The zero-order valence-corrected chi connectivity index (χ0v) is 24.8. The quantitative estimate of drug-likeness (QED) is 0.0820. The first-order valence-corrected chi connectivity index (χ1v) is 14.9. The molecule has 5 N–H and O–H groups in total. The van der Waals surface area contributed by atoms with E-state index in [1.54, 1.807) is 0 Å². The fourth-order valence-electron chi connectivity index (χ4n) is 4.04. The first-order chi connectivity index (χ1) is 20.2. The highest BCUT2D eigenvalue weighted by atomic mass is 32.2. The van der Waals surface area contributed by atoms with Gasteiger partial charge in [-0.15, -0.1) is 11.3 Å². The minimum absolute atomic E-state index is 0.0677. The Hall–Kier alpha value is -4.46. The van der Waals surface area contributed by atoms with Gasteiger partial charge in [0.1, 0.15) is 17.8 Å². The molecule has 0 aliphatic carbocycles. The number of hydrogen-bond donors (Lipinski definition) is 4. The Morgan fingerprint density at radius 1 is 1.26 bits per heavy atom. The number of amides is 2. The zero-order valence-electron chi connectivity index (χ0n) is 23.2. The summed E-state index contributed by atoms with van der Waals surface area (Å²) < 4.78 is 33.9. The molecule has 0 spiro atoms. The number of carboxylic acid groups (broad SMARTS) is 1. The van der Waals surface area contributed by atoms with Gasteiger partial charge in [-0.05, 0) is 26.5 Å². The lowest BCUT2D eigenvalue weighted by molar-refractivity contribution is -0.161. The normalized spacial score (nSPS) is 17.6. The Bertz CT molecular complexity index is 1640. The van der Waals surface area contributed by atoms with E-state index in [2.05, 4.69) is 25.7 Å². The smallest absolute Gasteiger partial charge is 0.362 e. The molecule has 1 aliphatic rings. The second-order valence-electron chi connectivity index (χ2n) is 10.1. The molecule has 2 aromatic heterocycles. The number of carbonyl (C=O) groups is 3. The van der Waals surface area contributed by atoms with Gasteiger partial charge >= 0.3 is 16.3 Å². The van der Waals surface area contributed by atoms with Crippen molar-refractivity contribution in [1.82, 2.24) is 34.5 Å². The summed E-state index contributed by atoms with van der Waals surface area (Å²) in [7, 11) is -3.11. The summed E-state index contributed by atoms with van der Waals surface area (Å²) in [5.41, 5.74) is 4.89. The number of rotatable bonds is 13. The molecule has 1 aliphatic heterocycles. The SMILES string of the molecule is CN(Cc1ccccc1)Cc1cnn(C[C@@H]2[C@H](NC(=O)C(=NOC(C)(C)C(=O)O)c3csc(N)n3)C(=O)N2S(=O)(=O)O)n1. The number of aliphatic carboxylic acids is 1. The highest BCUT2D eigenvalue weighted by Gasteiger charge is 2.54. The maximum Gasteiger partial charge on any atom is 0.362 e. The van der Waals surface area contributed by atoms with E-state index in [1.807, 2.05) is 42.3 Å². The lowest BCUT2D eigenvalue weighted by Gasteiger charge is -2.43. The van der Waals surface area contributed by atoms with Crippen molar-refractivity contribution < 1.29 is 37.3 Å². The second-order valence-corrected chi connectivity index (χ2v) is 12.3. The number of β-lactam (4-membered cyclic amide) rings is 1. The highest BCUT2D eigenvalue weighted by Crippen LogP contribution is 2.25. The summed E-state index contributed by atoms with van der Waals surface area (Å²) in [5.74, 6) is -3.54. The van der Waals surface area contributed by atoms with Crippen LogP contribution in [0.25, 0.3) is 0 Å². The van der Waals surface area contributed by atoms with E-state index in [0.717, 1.165) is 21.7 Å². The molecular formula is C24H29N9O8S2. The molecule has 1 aromatic carbocycles. The molecule has 2 atom stereocenters. The monoisotopic (exact) mass is 635 g/mol. The van der Waals surface area contributed by atoms with Crippen molar-refractivity contribution in [1.29, 1.82) is 0 Å². The van der Waals surface area contributed by atoms with Crippen molar-refractivity contribution in [2.45, 2.75) is 51.2 Å². The Morgan fingerprint density at radius 2 is 1.95 bits per heavy atom. The number of nitrogen functional groups attached to an aromatic ring is 1. The van der Waals surface area contributed by atoms with Crippen molar-refractivity contribution in [3.05, 3.63) is 58.9 Å². The number of nitrogens with one attached hydrogen (secondary N) is 1. The van der Waals surface area contributed by atoms with E-state index in [-0.39, 0.29) is 21.7 Å². The van der Waals surface area contributed by atoms with Crippen LogP contribution >= 0.6 is 11.3 Å². The fraction of sp³-hybridized carbons (Fsp3) is 0.375. The maximum atomic E-state index is 13.2. The lowest BCUT2D eigenvalue weighted by atomic mass is 9.98. The van der Waals surface area contributed by atoms with Gasteiger partial charge in [-0.1, -0.05) is 35.5 Å². The van der Waals surface area contributed by atoms with Crippen molar-refractivity contribution >= 4 is 50.3 Å². The van der Waals surface area contributed by atoms with Gasteiger partial charge in [0.25, 0.3) is 11.8 Å². The van der Waals surface area contributed by atoms with Gasteiger partial charge in [0.05, 0.1) is 18.4 Å². The number of aromatic nitrogens is 4. The number of carboxylic acids is 1. The van der Waals surface area contributed by atoms with E-state index < -0.39 is 51.5 Å². The highest BCUT2D eigenvalue weighted by molar-refractivity contribution is 7.84. The van der Waals surface area contributed by atoms with E-state index in [1.165, 1.54) is 25.4 Å². The molecule has 4 rings (SSSR count). The third kappa shape index (κ3) is 7.49. The number of anilines is 1. The van der Waals surface area contributed by atoms with Gasteiger partial charge in [0, 0.05) is 18.5 Å². The summed E-state index contributed by atoms with van der Waals surface area (Å²) in [5, 5.41) is 25.2. The maximum absolute atomic E-state index is 13.2. The third-order valence-corrected chi connectivity index (χ3v) is 7.85. The summed E-state index contributed by atoms with van der Waals surface area (Å²) in [4.78, 5) is 49.6. The molecule has 1 fully saturated rings. The van der Waals surface area contributed by atoms with Crippen LogP contribution in [0.15, 0.2) is 47.1 Å². The van der Waals surface area contributed by atoms with Gasteiger partial charge in [-0.2, -0.15) is 23.4 Å². The molecule has 3 aromatic rings. The summed E-state index contributed by atoms with van der Waals surface area (Å²) >= 11 is 0.965. The Labute approximate surface area is 249 Å². The van der Waals surface area contributed by atoms with Crippen molar-refractivity contribution in [2.75, 3.05) is 12.8 Å². The molecule has 230 valence electrons. The number of carbonyl (C=O) groups excluding carboxylic acids is 2. The lowest BCUT2D eigenvalue weighted by Crippen LogP contribution is -2.73. The first kappa shape index (κ1) is 31.5. The third-order valence-electron chi connectivity index (χ3n) is 6.23. The van der Waals surface area contributed by atoms with Crippen LogP contribution in [0.4, 0.5) is 5.13 Å². The molecule has 0 saturated carbocycles. The zero-order chi connectivity index (χ0) is 31.5. The molecule has 0 radical (unpaired) electrons. The fourth-order valence-corrected chi connectivity index (χ4v) is 5.46. The summed E-state index contributed by atoms with van der Waals surface area (Å²) in [6, 6.07) is 6.98. The van der Waals surface area contributed by atoms with Crippen molar-refractivity contribution in [2.24, 2.45) is 5.16 Å². The van der Waals surface area contributed by atoms with Crippen LogP contribution in [-0.2, 0) is 49.2 Å². The molecule has 2 amide bonds. The van der Waals surface area contributed by atoms with Gasteiger partial charge in [0.2, 0.25) is 5.60 Å². The van der Waals surface area contributed by atoms with Crippen LogP contribution in [0.5, 0.6) is 0 Å². The largest absolute Gasteiger partial charge is 0.478 e. The Kier molecular flexibility index (Phi) is 9.09. The molecule has 0 bridgehead atoms. The van der Waals surface area contributed by atoms with E-state index in [0.29, 0.717) is 18.8 Å². The molecule has 1 saturated heterocycles. The Balaban J connectivity index is 1.51. The molecule has 0 unspecified atom stereocenters. The van der Waals surface area contributed by atoms with Crippen LogP contribution in [-0.4, -0.2) is 95.5 Å². The van der Waals surface area contributed by atoms with E-state index in [9.17, 15) is 32.5 Å². The van der Waals surface area contributed by atoms with Crippen LogP contribution in [0.2, 0.25) is 0 Å². The van der Waals surface area contributed by atoms with Crippen LogP contribution in [0.1, 0.15) is 30.8 Å². The molecule has 3 heterocycles. The number of nitrogens with two attached hydrogens (primary N) is 1. The minimum atomic E-state index is -5.00. The predicted molar refractivity (Wildman–Crippen MR) is 152 cm³/mol.